The minimum absolute atomic E-state index is 0.0206. The van der Waals surface area contributed by atoms with Gasteiger partial charge in [-0.25, -0.2) is 0 Å². The fourth-order valence-electron chi connectivity index (χ4n) is 3.43. The van der Waals surface area contributed by atoms with Gasteiger partial charge >= 0.3 is 0 Å². The lowest BCUT2D eigenvalue weighted by Gasteiger charge is -2.19. The Morgan fingerprint density at radius 1 is 1.07 bits per heavy atom. The van der Waals surface area contributed by atoms with E-state index in [1.54, 1.807) is 14.2 Å². The van der Waals surface area contributed by atoms with Crippen molar-refractivity contribution in [1.82, 2.24) is 10.3 Å². The first kappa shape index (κ1) is 19.0. The SMILES string of the molecule is COCCCNC(=O)C[C@@H](c1ccccc1OC)c1c[nH]c2ccccc12. The van der Waals surface area contributed by atoms with Gasteiger partial charge < -0.3 is 19.8 Å². The van der Waals surface area contributed by atoms with Gasteiger partial charge in [-0.1, -0.05) is 36.4 Å². The molecular weight excluding hydrogens is 340 g/mol. The van der Waals surface area contributed by atoms with Crippen molar-refractivity contribution in [2.75, 3.05) is 27.4 Å². The second-order valence-corrected chi connectivity index (χ2v) is 6.48. The van der Waals surface area contributed by atoms with E-state index in [2.05, 4.69) is 16.4 Å². The van der Waals surface area contributed by atoms with E-state index in [0.717, 1.165) is 34.2 Å². The van der Waals surface area contributed by atoms with Crippen molar-refractivity contribution in [1.29, 1.82) is 0 Å². The fraction of sp³-hybridized carbons (Fsp3) is 0.318. The third-order valence-corrected chi connectivity index (χ3v) is 4.75. The van der Waals surface area contributed by atoms with E-state index in [0.29, 0.717) is 19.6 Å². The number of aromatic nitrogens is 1. The van der Waals surface area contributed by atoms with Gasteiger partial charge in [0.1, 0.15) is 5.75 Å². The van der Waals surface area contributed by atoms with Crippen molar-refractivity contribution in [3.63, 3.8) is 0 Å². The van der Waals surface area contributed by atoms with Gasteiger partial charge in [0, 0.05) is 55.3 Å². The summed E-state index contributed by atoms with van der Waals surface area (Å²) < 4.78 is 10.6. The number of carbonyl (C=O) groups is 1. The zero-order chi connectivity index (χ0) is 19.1. The molecule has 2 N–H and O–H groups in total. The number of carbonyl (C=O) groups excluding carboxylic acids is 1. The molecule has 0 saturated carbocycles. The maximum atomic E-state index is 12.6. The van der Waals surface area contributed by atoms with Crippen LogP contribution in [0.3, 0.4) is 0 Å². The molecule has 3 rings (SSSR count). The zero-order valence-electron chi connectivity index (χ0n) is 15.8. The average Bonchev–Trinajstić information content (AvgIpc) is 3.13. The third kappa shape index (κ3) is 4.49. The lowest BCUT2D eigenvalue weighted by atomic mass is 9.87. The highest BCUT2D eigenvalue weighted by molar-refractivity contribution is 5.86. The van der Waals surface area contributed by atoms with Crippen LogP contribution in [0.4, 0.5) is 0 Å². The van der Waals surface area contributed by atoms with Crippen LogP contribution < -0.4 is 10.1 Å². The molecule has 0 saturated heterocycles. The molecule has 1 heterocycles. The number of rotatable bonds is 9. The van der Waals surface area contributed by atoms with Crippen LogP contribution in [-0.2, 0) is 9.53 Å². The molecule has 0 radical (unpaired) electrons. The van der Waals surface area contributed by atoms with E-state index in [9.17, 15) is 4.79 Å². The number of nitrogens with one attached hydrogen (secondary N) is 2. The van der Waals surface area contributed by atoms with E-state index in [1.165, 1.54) is 0 Å². The van der Waals surface area contributed by atoms with Crippen LogP contribution in [0, 0.1) is 0 Å². The Bertz CT molecular complexity index is 888. The molecule has 0 aliphatic heterocycles. The molecular formula is C22H26N2O3. The van der Waals surface area contributed by atoms with Crippen LogP contribution in [0.15, 0.2) is 54.7 Å². The van der Waals surface area contributed by atoms with Gasteiger partial charge in [0.15, 0.2) is 0 Å². The van der Waals surface area contributed by atoms with E-state index >= 15 is 0 Å². The number of fused-ring (bicyclic) bond motifs is 1. The number of hydrogen-bond acceptors (Lipinski definition) is 3. The highest BCUT2D eigenvalue weighted by atomic mass is 16.5. The number of aromatic amines is 1. The summed E-state index contributed by atoms with van der Waals surface area (Å²) in [5.41, 5.74) is 3.17. The Morgan fingerprint density at radius 3 is 2.67 bits per heavy atom. The first-order chi connectivity index (χ1) is 13.2. The predicted molar refractivity (Wildman–Crippen MR) is 107 cm³/mol. The number of hydrogen-bond donors (Lipinski definition) is 2. The Balaban J connectivity index is 1.91. The van der Waals surface area contributed by atoms with Crippen LogP contribution in [0.2, 0.25) is 0 Å². The molecule has 1 aromatic heterocycles. The summed E-state index contributed by atoms with van der Waals surface area (Å²) >= 11 is 0. The first-order valence-electron chi connectivity index (χ1n) is 9.19. The molecule has 5 heteroatoms. The standard InChI is InChI=1S/C22H26N2O3/c1-26-13-7-12-23-22(25)14-18(17-9-4-6-11-21(17)27-2)19-15-24-20-10-5-3-8-16(19)20/h3-6,8-11,15,18,24H,7,12-14H2,1-2H3,(H,23,25)/t18-/m0/s1. The minimum Gasteiger partial charge on any atom is -0.496 e. The Morgan fingerprint density at radius 2 is 1.85 bits per heavy atom. The molecule has 0 aliphatic carbocycles. The predicted octanol–water partition coefficient (Wildman–Crippen LogP) is 3.85. The summed E-state index contributed by atoms with van der Waals surface area (Å²) in [6, 6.07) is 16.0. The summed E-state index contributed by atoms with van der Waals surface area (Å²) in [4.78, 5) is 15.9. The normalized spacial score (nSPS) is 12.1. The van der Waals surface area contributed by atoms with Crippen molar-refractivity contribution < 1.29 is 14.3 Å². The number of amides is 1. The summed E-state index contributed by atoms with van der Waals surface area (Å²) in [5.74, 6) is 0.715. The van der Waals surface area contributed by atoms with E-state index < -0.39 is 0 Å². The van der Waals surface area contributed by atoms with Gasteiger partial charge in [-0.2, -0.15) is 0 Å². The molecule has 1 atom stereocenters. The summed E-state index contributed by atoms with van der Waals surface area (Å²) in [7, 11) is 3.33. The molecule has 0 fully saturated rings. The summed E-state index contributed by atoms with van der Waals surface area (Å²) in [5, 5.41) is 4.12. The highest BCUT2D eigenvalue weighted by Gasteiger charge is 2.24. The van der Waals surface area contributed by atoms with Crippen LogP contribution in [0.5, 0.6) is 5.75 Å². The lowest BCUT2D eigenvalue weighted by molar-refractivity contribution is -0.121. The highest BCUT2D eigenvalue weighted by Crippen LogP contribution is 2.37. The summed E-state index contributed by atoms with van der Waals surface area (Å²) in [6.45, 7) is 1.25. The largest absolute Gasteiger partial charge is 0.496 e. The van der Waals surface area contributed by atoms with Crippen molar-refractivity contribution >= 4 is 16.8 Å². The Hall–Kier alpha value is -2.79. The van der Waals surface area contributed by atoms with Crippen LogP contribution in [0.25, 0.3) is 10.9 Å². The smallest absolute Gasteiger partial charge is 0.220 e. The average molecular weight is 366 g/mol. The van der Waals surface area contributed by atoms with E-state index in [4.69, 9.17) is 9.47 Å². The summed E-state index contributed by atoms with van der Waals surface area (Å²) in [6.07, 6.45) is 3.16. The molecule has 1 amide bonds. The van der Waals surface area contributed by atoms with Gasteiger partial charge in [-0.05, 0) is 24.1 Å². The van der Waals surface area contributed by atoms with Crippen molar-refractivity contribution in [2.24, 2.45) is 0 Å². The Labute approximate surface area is 159 Å². The van der Waals surface area contributed by atoms with Gasteiger partial charge in [-0.15, -0.1) is 0 Å². The maximum absolute atomic E-state index is 12.6. The van der Waals surface area contributed by atoms with E-state index in [1.807, 2.05) is 48.7 Å². The number of ether oxygens (including phenoxy) is 2. The Kier molecular flexibility index (Phi) is 6.49. The first-order valence-corrected chi connectivity index (χ1v) is 9.19. The molecule has 0 spiro atoms. The van der Waals surface area contributed by atoms with Gasteiger partial charge in [0.2, 0.25) is 5.91 Å². The van der Waals surface area contributed by atoms with E-state index in [-0.39, 0.29) is 11.8 Å². The molecule has 0 bridgehead atoms. The van der Waals surface area contributed by atoms with Gasteiger partial charge in [-0.3, -0.25) is 4.79 Å². The number of H-pyrrole nitrogens is 1. The maximum Gasteiger partial charge on any atom is 0.220 e. The van der Waals surface area contributed by atoms with Gasteiger partial charge in [0.25, 0.3) is 0 Å². The van der Waals surface area contributed by atoms with Gasteiger partial charge in [0.05, 0.1) is 7.11 Å². The van der Waals surface area contributed by atoms with Crippen molar-refractivity contribution in [3.8, 4) is 5.75 Å². The molecule has 2 aromatic carbocycles. The van der Waals surface area contributed by atoms with Crippen LogP contribution in [-0.4, -0.2) is 38.3 Å². The molecule has 0 unspecified atom stereocenters. The minimum atomic E-state index is -0.0975. The monoisotopic (exact) mass is 366 g/mol. The quantitative estimate of drug-likeness (QED) is 0.566. The molecule has 142 valence electrons. The fourth-order valence-corrected chi connectivity index (χ4v) is 3.43. The van der Waals surface area contributed by atoms with Crippen LogP contribution in [0.1, 0.15) is 29.9 Å². The topological polar surface area (TPSA) is 63.4 Å². The molecule has 5 nitrogen and oxygen atoms in total. The van der Waals surface area contributed by atoms with Crippen molar-refractivity contribution in [3.05, 3.63) is 65.9 Å². The number of methoxy groups -OCH3 is 2. The number of benzene rings is 2. The third-order valence-electron chi connectivity index (χ3n) is 4.75. The second kappa shape index (κ2) is 9.24. The lowest BCUT2D eigenvalue weighted by Crippen LogP contribution is -2.27. The second-order valence-electron chi connectivity index (χ2n) is 6.48. The molecule has 3 aromatic rings. The molecule has 0 aliphatic rings. The van der Waals surface area contributed by atoms with Crippen molar-refractivity contribution in [2.45, 2.75) is 18.8 Å². The number of para-hydroxylation sites is 2. The zero-order valence-corrected chi connectivity index (χ0v) is 15.8. The van der Waals surface area contributed by atoms with Crippen LogP contribution >= 0.6 is 0 Å². The molecule has 27 heavy (non-hydrogen) atoms.